The van der Waals surface area contributed by atoms with E-state index in [9.17, 15) is 0 Å². The summed E-state index contributed by atoms with van der Waals surface area (Å²) in [4.78, 5) is 3.78. The molecule has 12 heavy (non-hydrogen) atoms. The summed E-state index contributed by atoms with van der Waals surface area (Å²) >= 11 is 0. The Hall–Kier alpha value is -0.775. The van der Waals surface area contributed by atoms with E-state index in [2.05, 4.69) is 18.7 Å². The molecular weight excluding hydrogens is 154 g/mol. The van der Waals surface area contributed by atoms with E-state index in [-0.39, 0.29) is 0 Å². The number of hydrogen-bond donors (Lipinski definition) is 0. The third kappa shape index (κ3) is 4.95. The van der Waals surface area contributed by atoms with Gasteiger partial charge in [0.1, 0.15) is 0 Å². The van der Waals surface area contributed by atoms with Crippen LogP contribution in [0.5, 0.6) is 0 Å². The molecule has 1 aromatic heterocycles. The van der Waals surface area contributed by atoms with Gasteiger partial charge in [0.2, 0.25) is 0 Å². The Labute approximate surface area is 73.2 Å². The minimum absolute atomic E-state index is 0.375. The van der Waals surface area contributed by atoms with Gasteiger partial charge in [-0.15, -0.1) is 0 Å². The first kappa shape index (κ1) is 9.31. The Kier molecular flexibility index (Phi) is 5.36. The molecule has 0 saturated carbocycles. The minimum Gasteiger partial charge on any atom is -0.458 e. The Morgan fingerprint density at radius 1 is 0.750 bits per heavy atom. The zero-order valence-electron chi connectivity index (χ0n) is 6.68. The fourth-order valence-corrected chi connectivity index (χ4v) is 0.591. The average molecular weight is 163 g/mol. The molecule has 0 amide bonds. The fourth-order valence-electron chi connectivity index (χ4n) is 0.591. The summed E-state index contributed by atoms with van der Waals surface area (Å²) in [7, 11) is 1.12. The molecule has 1 saturated heterocycles. The van der Waals surface area contributed by atoms with E-state index in [0.717, 1.165) is 0 Å². The Morgan fingerprint density at radius 3 is 1.42 bits per heavy atom. The van der Waals surface area contributed by atoms with Crippen molar-refractivity contribution in [1.82, 2.24) is 4.98 Å². The van der Waals surface area contributed by atoms with Crippen molar-refractivity contribution in [1.29, 1.82) is 0 Å². The molecule has 0 atom stereocenters. The summed E-state index contributed by atoms with van der Waals surface area (Å²) in [6.07, 6.45) is 3.50. The van der Waals surface area contributed by atoms with Gasteiger partial charge in [0.25, 0.3) is 0 Å². The lowest BCUT2D eigenvalue weighted by atomic mass is 10.1. The van der Waals surface area contributed by atoms with Gasteiger partial charge in [-0.3, -0.25) is 4.98 Å². The van der Waals surface area contributed by atoms with Gasteiger partial charge in [0.15, 0.2) is 0 Å². The fraction of sp³-hybridized carbons (Fsp3) is 0. The third-order valence-corrected chi connectivity index (χ3v) is 1.07. The van der Waals surface area contributed by atoms with Crippen LogP contribution in [0.1, 0.15) is 0 Å². The van der Waals surface area contributed by atoms with Gasteiger partial charge >= 0.3 is 23.1 Å². The Bertz CT molecular complexity index is 146. The van der Waals surface area contributed by atoms with Crippen molar-refractivity contribution in [3.8, 4) is 0 Å². The van der Waals surface area contributed by atoms with Crippen molar-refractivity contribution >= 4 is 23.1 Å². The summed E-state index contributed by atoms with van der Waals surface area (Å²) in [5.41, 5.74) is 0. The second kappa shape index (κ2) is 6.91. The second-order valence-electron chi connectivity index (χ2n) is 1.99. The Morgan fingerprint density at radius 2 is 1.25 bits per heavy atom. The molecule has 1 aromatic rings. The van der Waals surface area contributed by atoms with Gasteiger partial charge in [-0.1, -0.05) is 6.07 Å². The molecule has 0 unspecified atom stereocenters. The first-order chi connectivity index (χ1) is 6.00. The summed E-state index contributed by atoms with van der Waals surface area (Å²) in [6, 6.07) is 5.72. The molecule has 1 aliphatic rings. The minimum atomic E-state index is 0.375. The zero-order valence-corrected chi connectivity index (χ0v) is 6.68. The monoisotopic (exact) mass is 163 g/mol. The first-order valence-electron chi connectivity index (χ1n) is 3.58. The third-order valence-electron chi connectivity index (χ3n) is 1.07. The number of rotatable bonds is 0. The second-order valence-corrected chi connectivity index (χ2v) is 1.99. The standard InChI is InChI=1S/C5H5N.B3H3O3/c1-2-4-6-5-3-1;1-4-2-6-3-5-1/h1-5H;1-3H. The topological polar surface area (TPSA) is 40.6 Å². The maximum atomic E-state index is 4.62. The smallest absolute Gasteiger partial charge is 0.410 e. The number of hydrogen-bond acceptors (Lipinski definition) is 4. The largest absolute Gasteiger partial charge is 0.458 e. The van der Waals surface area contributed by atoms with Gasteiger partial charge < -0.3 is 13.7 Å². The van der Waals surface area contributed by atoms with E-state index < -0.39 is 0 Å². The predicted octanol–water partition coefficient (Wildman–Crippen LogP) is -1.07. The summed E-state index contributed by atoms with van der Waals surface area (Å²) in [5.74, 6) is 0. The number of pyridine rings is 1. The van der Waals surface area contributed by atoms with Crippen LogP contribution in [0.15, 0.2) is 30.6 Å². The van der Waals surface area contributed by atoms with E-state index in [1.54, 1.807) is 12.4 Å². The van der Waals surface area contributed by atoms with Crippen LogP contribution in [0.3, 0.4) is 0 Å². The molecule has 0 spiro atoms. The zero-order chi connectivity index (χ0) is 8.49. The van der Waals surface area contributed by atoms with E-state index in [1.165, 1.54) is 0 Å². The van der Waals surface area contributed by atoms with Crippen molar-refractivity contribution in [3.63, 3.8) is 0 Å². The van der Waals surface area contributed by atoms with Crippen LogP contribution in [0.2, 0.25) is 0 Å². The van der Waals surface area contributed by atoms with Gasteiger partial charge in [-0.05, 0) is 12.1 Å². The highest BCUT2D eigenvalue weighted by Gasteiger charge is 2.03. The van der Waals surface area contributed by atoms with Crippen molar-refractivity contribution in [2.24, 2.45) is 0 Å². The van der Waals surface area contributed by atoms with Crippen molar-refractivity contribution in [3.05, 3.63) is 30.6 Å². The van der Waals surface area contributed by atoms with E-state index in [0.29, 0.717) is 23.1 Å². The normalized spacial score (nSPS) is 14.0. The summed E-state index contributed by atoms with van der Waals surface area (Å²) in [5, 5.41) is 0. The van der Waals surface area contributed by atoms with Crippen LogP contribution in [-0.4, -0.2) is 28.0 Å². The molecule has 2 heterocycles. The molecule has 7 heteroatoms. The molecule has 0 N–H and O–H groups in total. The van der Waals surface area contributed by atoms with Crippen LogP contribution in [0.25, 0.3) is 0 Å². The maximum absolute atomic E-state index is 4.62. The van der Waals surface area contributed by atoms with E-state index >= 15 is 0 Å². The van der Waals surface area contributed by atoms with Gasteiger partial charge in [-0.25, -0.2) is 0 Å². The van der Waals surface area contributed by atoms with Gasteiger partial charge in [0, 0.05) is 12.4 Å². The average Bonchev–Trinajstić information content (AvgIpc) is 2.24. The molecular formula is C5H8B3NO3. The van der Waals surface area contributed by atoms with Crippen molar-refractivity contribution in [2.45, 2.75) is 0 Å². The van der Waals surface area contributed by atoms with Gasteiger partial charge in [-0.2, -0.15) is 0 Å². The molecule has 0 aliphatic carbocycles. The first-order valence-corrected chi connectivity index (χ1v) is 3.58. The van der Waals surface area contributed by atoms with Crippen LogP contribution in [0.4, 0.5) is 0 Å². The lowest BCUT2D eigenvalue weighted by Crippen LogP contribution is -2.23. The molecule has 1 fully saturated rings. The lowest BCUT2D eigenvalue weighted by Gasteiger charge is -2.07. The highest BCUT2D eigenvalue weighted by Crippen LogP contribution is 1.79. The number of nitrogens with zero attached hydrogens (tertiary/aromatic N) is 1. The Balaban J connectivity index is 0.000000120. The quantitative estimate of drug-likeness (QED) is 0.456. The highest BCUT2D eigenvalue weighted by atomic mass is 16.7. The van der Waals surface area contributed by atoms with E-state index in [4.69, 9.17) is 0 Å². The molecule has 4 nitrogen and oxygen atoms in total. The van der Waals surface area contributed by atoms with Crippen LogP contribution < -0.4 is 0 Å². The summed E-state index contributed by atoms with van der Waals surface area (Å²) < 4.78 is 13.9. The molecule has 2 rings (SSSR count). The van der Waals surface area contributed by atoms with Crippen LogP contribution >= 0.6 is 0 Å². The van der Waals surface area contributed by atoms with Gasteiger partial charge in [0.05, 0.1) is 0 Å². The molecule has 0 bridgehead atoms. The lowest BCUT2D eigenvalue weighted by molar-refractivity contribution is 0.347. The van der Waals surface area contributed by atoms with Crippen LogP contribution in [-0.2, 0) is 13.7 Å². The molecule has 0 radical (unpaired) electrons. The molecule has 0 aromatic carbocycles. The molecule has 1 aliphatic heterocycles. The van der Waals surface area contributed by atoms with Crippen molar-refractivity contribution < 1.29 is 13.7 Å². The number of aromatic nitrogens is 1. The maximum Gasteiger partial charge on any atom is 0.410 e. The summed E-state index contributed by atoms with van der Waals surface area (Å²) in [6.45, 7) is 0. The van der Waals surface area contributed by atoms with Crippen LogP contribution in [0, 0.1) is 0 Å². The van der Waals surface area contributed by atoms with Crippen molar-refractivity contribution in [2.75, 3.05) is 0 Å². The van der Waals surface area contributed by atoms with E-state index in [1.807, 2.05) is 18.2 Å². The SMILES string of the molecule is B1OBOBO1.c1ccncc1. The molecule has 60 valence electrons. The highest BCUT2D eigenvalue weighted by molar-refractivity contribution is 6.50. The predicted molar refractivity (Wildman–Crippen MR) is 48.9 cm³/mol.